The zero-order valence-corrected chi connectivity index (χ0v) is 21.5. The number of methoxy groups -OCH3 is 1. The SMILES string of the molecule is COC(=O)C(NS(=O)(=O)CCCN(Cc1ccccc1)C(=O)CNC(=O)c1ccccc1O)C(C)C. The van der Waals surface area contributed by atoms with Crippen LogP contribution >= 0.6 is 0 Å². The lowest BCUT2D eigenvalue weighted by Gasteiger charge is -2.24. The molecule has 2 rings (SSSR count). The van der Waals surface area contributed by atoms with Gasteiger partial charge in [-0.1, -0.05) is 56.3 Å². The van der Waals surface area contributed by atoms with Crippen molar-refractivity contribution in [2.45, 2.75) is 32.9 Å². The Labute approximate surface area is 211 Å². The predicted molar refractivity (Wildman–Crippen MR) is 134 cm³/mol. The average molecular weight is 520 g/mol. The van der Waals surface area contributed by atoms with Gasteiger partial charge in [0.2, 0.25) is 15.9 Å². The molecule has 0 radical (unpaired) electrons. The first-order valence-electron chi connectivity index (χ1n) is 11.5. The molecule has 0 saturated heterocycles. The number of carbonyl (C=O) groups excluding carboxylic acids is 3. The molecule has 0 fully saturated rings. The predicted octanol–water partition coefficient (Wildman–Crippen LogP) is 1.66. The number of nitrogens with zero attached hydrogens (tertiary/aromatic N) is 1. The van der Waals surface area contributed by atoms with Crippen LogP contribution in [-0.4, -0.2) is 68.2 Å². The summed E-state index contributed by atoms with van der Waals surface area (Å²) in [5, 5.41) is 12.3. The number of hydrogen-bond acceptors (Lipinski definition) is 7. The van der Waals surface area contributed by atoms with Crippen molar-refractivity contribution in [2.24, 2.45) is 5.92 Å². The number of benzene rings is 2. The molecule has 10 nitrogen and oxygen atoms in total. The minimum Gasteiger partial charge on any atom is -0.507 e. The fourth-order valence-electron chi connectivity index (χ4n) is 3.41. The van der Waals surface area contributed by atoms with E-state index in [1.54, 1.807) is 26.0 Å². The van der Waals surface area contributed by atoms with E-state index < -0.39 is 33.8 Å². The standard InChI is InChI=1S/C25H33N3O7S/c1-18(2)23(25(32)35-3)27-36(33,34)15-9-14-28(17-19-10-5-4-6-11-19)22(30)16-26-24(31)20-12-7-8-13-21(20)29/h4-8,10-13,18,23,27,29H,9,14-17H2,1-3H3,(H,26,31). The molecule has 2 aromatic carbocycles. The highest BCUT2D eigenvalue weighted by molar-refractivity contribution is 7.89. The summed E-state index contributed by atoms with van der Waals surface area (Å²) >= 11 is 0. The Hall–Kier alpha value is -3.44. The smallest absolute Gasteiger partial charge is 0.324 e. The summed E-state index contributed by atoms with van der Waals surface area (Å²) in [7, 11) is -2.64. The molecule has 1 atom stereocenters. The van der Waals surface area contributed by atoms with Crippen LogP contribution in [0, 0.1) is 5.92 Å². The van der Waals surface area contributed by atoms with Gasteiger partial charge in [-0.25, -0.2) is 13.1 Å². The largest absolute Gasteiger partial charge is 0.507 e. The first kappa shape index (κ1) is 28.8. The maximum Gasteiger partial charge on any atom is 0.324 e. The van der Waals surface area contributed by atoms with Gasteiger partial charge in [0, 0.05) is 13.1 Å². The quantitative estimate of drug-likeness (QED) is 0.342. The van der Waals surface area contributed by atoms with Gasteiger partial charge in [0.25, 0.3) is 5.91 Å². The van der Waals surface area contributed by atoms with Gasteiger partial charge in [-0.05, 0) is 30.0 Å². The first-order chi connectivity index (χ1) is 17.0. The van der Waals surface area contributed by atoms with Gasteiger partial charge in [-0.15, -0.1) is 0 Å². The summed E-state index contributed by atoms with van der Waals surface area (Å²) < 4.78 is 32.2. The summed E-state index contributed by atoms with van der Waals surface area (Å²) in [4.78, 5) is 38.7. The Kier molecular flexibility index (Phi) is 10.9. The van der Waals surface area contributed by atoms with Crippen LogP contribution in [0.3, 0.4) is 0 Å². The Morgan fingerprint density at radius 1 is 1.03 bits per heavy atom. The zero-order valence-electron chi connectivity index (χ0n) is 20.6. The van der Waals surface area contributed by atoms with Crippen LogP contribution in [0.5, 0.6) is 5.75 Å². The molecule has 0 bridgehead atoms. The van der Waals surface area contributed by atoms with E-state index in [0.717, 1.165) is 5.56 Å². The molecule has 11 heteroatoms. The fraction of sp³-hybridized carbons (Fsp3) is 0.400. The van der Waals surface area contributed by atoms with Crippen LogP contribution in [0.2, 0.25) is 0 Å². The molecule has 196 valence electrons. The van der Waals surface area contributed by atoms with E-state index in [1.165, 1.54) is 24.1 Å². The molecule has 0 heterocycles. The summed E-state index contributed by atoms with van der Waals surface area (Å²) in [5.74, 6) is -2.51. The molecular weight excluding hydrogens is 486 g/mol. The second-order valence-electron chi connectivity index (χ2n) is 8.54. The van der Waals surface area contributed by atoms with Crippen molar-refractivity contribution in [1.82, 2.24) is 14.9 Å². The van der Waals surface area contributed by atoms with Crippen LogP contribution < -0.4 is 10.0 Å². The molecule has 0 aliphatic heterocycles. The number of para-hydroxylation sites is 1. The molecule has 1 unspecified atom stereocenters. The van der Waals surface area contributed by atoms with Crippen LogP contribution in [0.25, 0.3) is 0 Å². The van der Waals surface area contributed by atoms with Crippen molar-refractivity contribution in [1.29, 1.82) is 0 Å². The summed E-state index contributed by atoms with van der Waals surface area (Å²) in [6.45, 7) is 3.40. The van der Waals surface area contributed by atoms with Gasteiger partial charge >= 0.3 is 5.97 Å². The average Bonchev–Trinajstić information content (AvgIpc) is 2.85. The zero-order chi connectivity index (χ0) is 26.7. The summed E-state index contributed by atoms with van der Waals surface area (Å²) in [5.41, 5.74) is 0.881. The Bertz CT molecular complexity index is 1140. The van der Waals surface area contributed by atoms with E-state index in [0.29, 0.717) is 0 Å². The first-order valence-corrected chi connectivity index (χ1v) is 13.1. The third kappa shape index (κ3) is 8.97. The second kappa shape index (κ2) is 13.6. The third-order valence-electron chi connectivity index (χ3n) is 5.39. The molecule has 0 saturated carbocycles. The van der Waals surface area contributed by atoms with Gasteiger partial charge in [-0.3, -0.25) is 14.4 Å². The van der Waals surface area contributed by atoms with Gasteiger partial charge in [0.1, 0.15) is 11.8 Å². The number of aromatic hydroxyl groups is 1. The van der Waals surface area contributed by atoms with Crippen molar-refractivity contribution < 1.29 is 32.6 Å². The lowest BCUT2D eigenvalue weighted by atomic mass is 10.1. The van der Waals surface area contributed by atoms with Crippen molar-refractivity contribution in [3.05, 3.63) is 65.7 Å². The van der Waals surface area contributed by atoms with Crippen LogP contribution in [0.15, 0.2) is 54.6 Å². The van der Waals surface area contributed by atoms with Gasteiger partial charge in [0.05, 0.1) is 25.0 Å². The third-order valence-corrected chi connectivity index (χ3v) is 6.83. The highest BCUT2D eigenvalue weighted by Crippen LogP contribution is 2.15. The van der Waals surface area contributed by atoms with E-state index in [1.807, 2.05) is 30.3 Å². The number of nitrogens with one attached hydrogen (secondary N) is 2. The van der Waals surface area contributed by atoms with E-state index in [9.17, 15) is 27.9 Å². The van der Waals surface area contributed by atoms with Gasteiger partial charge < -0.3 is 20.1 Å². The Morgan fingerprint density at radius 2 is 1.67 bits per heavy atom. The number of phenols is 1. The van der Waals surface area contributed by atoms with E-state index in [4.69, 9.17) is 0 Å². The Balaban J connectivity index is 2.03. The van der Waals surface area contributed by atoms with Crippen molar-refractivity contribution >= 4 is 27.8 Å². The normalized spacial score (nSPS) is 12.1. The second-order valence-corrected chi connectivity index (χ2v) is 10.4. The molecule has 3 N–H and O–H groups in total. The maximum absolute atomic E-state index is 12.9. The number of rotatable bonds is 13. The van der Waals surface area contributed by atoms with Crippen molar-refractivity contribution in [2.75, 3.05) is 26.0 Å². The molecule has 0 aliphatic carbocycles. The maximum atomic E-state index is 12.9. The molecular formula is C25H33N3O7S. The lowest BCUT2D eigenvalue weighted by molar-refractivity contribution is -0.143. The summed E-state index contributed by atoms with van der Waals surface area (Å²) in [6, 6.07) is 14.1. The highest BCUT2D eigenvalue weighted by Gasteiger charge is 2.28. The van der Waals surface area contributed by atoms with Crippen LogP contribution in [0.1, 0.15) is 36.2 Å². The lowest BCUT2D eigenvalue weighted by Crippen LogP contribution is -2.46. The van der Waals surface area contributed by atoms with Crippen LogP contribution in [0.4, 0.5) is 0 Å². The molecule has 0 spiro atoms. The number of carbonyl (C=O) groups is 3. The van der Waals surface area contributed by atoms with Gasteiger partial charge in [0.15, 0.2) is 0 Å². The number of hydrogen-bond donors (Lipinski definition) is 3. The Morgan fingerprint density at radius 3 is 2.28 bits per heavy atom. The van der Waals surface area contributed by atoms with E-state index in [2.05, 4.69) is 14.8 Å². The summed E-state index contributed by atoms with van der Waals surface area (Å²) in [6.07, 6.45) is 0.104. The fourth-order valence-corrected chi connectivity index (χ4v) is 4.79. The highest BCUT2D eigenvalue weighted by atomic mass is 32.2. The molecule has 2 aromatic rings. The minimum atomic E-state index is -3.83. The number of phenolic OH excluding ortho intramolecular Hbond substituents is 1. The number of sulfonamides is 1. The van der Waals surface area contributed by atoms with Gasteiger partial charge in [-0.2, -0.15) is 0 Å². The monoisotopic (exact) mass is 519 g/mol. The number of amides is 2. The van der Waals surface area contributed by atoms with E-state index in [-0.39, 0.29) is 49.0 Å². The topological polar surface area (TPSA) is 142 Å². The number of esters is 1. The molecule has 2 amide bonds. The van der Waals surface area contributed by atoms with Crippen LogP contribution in [-0.2, 0) is 30.9 Å². The molecule has 0 aliphatic rings. The van der Waals surface area contributed by atoms with E-state index >= 15 is 0 Å². The molecule has 36 heavy (non-hydrogen) atoms. The number of ether oxygens (including phenoxy) is 1. The minimum absolute atomic E-state index is 0.0439. The van der Waals surface area contributed by atoms with Crippen molar-refractivity contribution in [3.63, 3.8) is 0 Å². The molecule has 0 aromatic heterocycles. The van der Waals surface area contributed by atoms with Crippen molar-refractivity contribution in [3.8, 4) is 5.75 Å².